The molecule has 412 valence electrons. The number of phosphoric acid groups is 1. The SMILES string of the molecule is CC/C=C\C/C=C\C/C=C\C/C=C\CCCCC(=O)OCC(COP(=O)(O)OCC(CO)OC(=O)CC/C=C\C/C=C\C/C=C\C/C=C\CC)OC(=O)CCCCCCCCCCCCCCCCCCC. The summed E-state index contributed by atoms with van der Waals surface area (Å²) in [5, 5.41) is 9.78. The molecule has 0 radical (unpaired) electrons. The highest BCUT2D eigenvalue weighted by atomic mass is 31.2. The first kappa shape index (κ1) is 68.4. The van der Waals surface area contributed by atoms with Crippen LogP contribution in [0.4, 0.5) is 0 Å². The number of aliphatic hydroxyl groups is 1. The number of rotatable bonds is 51. The molecule has 0 saturated heterocycles. The normalized spacial score (nSPS) is 14.1. The Morgan fingerprint density at radius 1 is 0.403 bits per heavy atom. The van der Waals surface area contributed by atoms with Gasteiger partial charge in [-0.25, -0.2) is 4.57 Å². The van der Waals surface area contributed by atoms with Crippen molar-refractivity contribution in [1.82, 2.24) is 0 Å². The van der Waals surface area contributed by atoms with Gasteiger partial charge in [0.05, 0.1) is 19.8 Å². The summed E-state index contributed by atoms with van der Waals surface area (Å²) in [4.78, 5) is 48.4. The predicted molar refractivity (Wildman–Crippen MR) is 297 cm³/mol. The Bertz CT molecular complexity index is 1580. The maximum atomic E-state index is 12.9. The number of ether oxygens (including phenoxy) is 3. The Kier molecular flexibility index (Phi) is 51.0. The third-order valence-electron chi connectivity index (χ3n) is 11.5. The van der Waals surface area contributed by atoms with Crippen molar-refractivity contribution in [2.75, 3.05) is 26.4 Å². The molecule has 72 heavy (non-hydrogen) atoms. The summed E-state index contributed by atoms with van der Waals surface area (Å²) >= 11 is 0. The maximum absolute atomic E-state index is 12.9. The largest absolute Gasteiger partial charge is 0.472 e. The van der Waals surface area contributed by atoms with Gasteiger partial charge in [-0.1, -0.05) is 221 Å². The maximum Gasteiger partial charge on any atom is 0.472 e. The Hall–Kier alpha value is -3.60. The lowest BCUT2D eigenvalue weighted by Gasteiger charge is -2.21. The van der Waals surface area contributed by atoms with Crippen molar-refractivity contribution >= 4 is 25.7 Å². The van der Waals surface area contributed by atoms with Crippen LogP contribution in [0.3, 0.4) is 0 Å². The molecule has 2 N–H and O–H groups in total. The quantitative estimate of drug-likeness (QED) is 0.0197. The predicted octanol–water partition coefficient (Wildman–Crippen LogP) is 16.5. The van der Waals surface area contributed by atoms with E-state index < -0.39 is 57.8 Å². The fourth-order valence-electron chi connectivity index (χ4n) is 7.30. The molecule has 0 aliphatic carbocycles. The lowest BCUT2D eigenvalue weighted by molar-refractivity contribution is -0.161. The van der Waals surface area contributed by atoms with E-state index in [9.17, 15) is 28.9 Å². The summed E-state index contributed by atoms with van der Waals surface area (Å²) in [5.74, 6) is -1.60. The van der Waals surface area contributed by atoms with Gasteiger partial charge >= 0.3 is 25.7 Å². The van der Waals surface area contributed by atoms with E-state index in [1.165, 1.54) is 83.5 Å². The van der Waals surface area contributed by atoms with Crippen LogP contribution < -0.4 is 0 Å². The fraction of sp³-hybridized carbons (Fsp3) is 0.683. The second-order valence-corrected chi connectivity index (χ2v) is 19.8. The molecule has 0 saturated carbocycles. The van der Waals surface area contributed by atoms with Gasteiger partial charge in [-0.2, -0.15) is 0 Å². The van der Waals surface area contributed by atoms with Crippen LogP contribution in [0.1, 0.15) is 226 Å². The lowest BCUT2D eigenvalue weighted by atomic mass is 10.0. The number of hydrogen-bond acceptors (Lipinski definition) is 10. The Balaban J connectivity index is 4.84. The number of phosphoric ester groups is 1. The molecule has 0 fully saturated rings. The first-order valence-corrected chi connectivity index (χ1v) is 29.6. The van der Waals surface area contributed by atoms with Gasteiger partial charge in [0, 0.05) is 19.3 Å². The summed E-state index contributed by atoms with van der Waals surface area (Å²) in [5.41, 5.74) is 0. The van der Waals surface area contributed by atoms with E-state index in [4.69, 9.17) is 23.3 Å². The molecule has 0 heterocycles. The minimum absolute atomic E-state index is 0.0501. The fourth-order valence-corrected chi connectivity index (χ4v) is 8.09. The van der Waals surface area contributed by atoms with Crippen molar-refractivity contribution < 1.29 is 52.2 Å². The van der Waals surface area contributed by atoms with E-state index in [1.807, 2.05) is 18.2 Å². The van der Waals surface area contributed by atoms with E-state index in [0.717, 1.165) is 83.5 Å². The van der Waals surface area contributed by atoms with Gasteiger partial charge in [-0.3, -0.25) is 23.4 Å². The third kappa shape index (κ3) is 51.3. The van der Waals surface area contributed by atoms with Crippen LogP contribution in [0, 0.1) is 0 Å². The highest BCUT2D eigenvalue weighted by molar-refractivity contribution is 7.47. The number of carbonyl (C=O) groups excluding carboxylic acids is 3. The minimum Gasteiger partial charge on any atom is -0.462 e. The van der Waals surface area contributed by atoms with E-state index in [1.54, 1.807) is 0 Å². The molecule has 0 bridgehead atoms. The van der Waals surface area contributed by atoms with Gasteiger partial charge in [0.25, 0.3) is 0 Å². The zero-order valence-corrected chi connectivity index (χ0v) is 46.3. The van der Waals surface area contributed by atoms with Crippen molar-refractivity contribution in [2.24, 2.45) is 0 Å². The van der Waals surface area contributed by atoms with Gasteiger partial charge < -0.3 is 24.2 Å². The van der Waals surface area contributed by atoms with Crippen molar-refractivity contribution in [3.63, 3.8) is 0 Å². The molecule has 3 unspecified atom stereocenters. The molecule has 0 aliphatic rings. The van der Waals surface area contributed by atoms with Gasteiger partial charge in [0.15, 0.2) is 6.10 Å². The highest BCUT2D eigenvalue weighted by Gasteiger charge is 2.28. The van der Waals surface area contributed by atoms with Crippen LogP contribution in [0.15, 0.2) is 97.2 Å². The number of aliphatic hydroxyl groups excluding tert-OH is 1. The molecule has 11 nitrogen and oxygen atoms in total. The zero-order valence-electron chi connectivity index (χ0n) is 45.4. The summed E-state index contributed by atoms with van der Waals surface area (Å²) in [7, 11) is -4.78. The number of hydrogen-bond donors (Lipinski definition) is 2. The summed E-state index contributed by atoms with van der Waals surface area (Å²) < 4.78 is 39.4. The smallest absolute Gasteiger partial charge is 0.462 e. The molecule has 0 aromatic carbocycles. The molecule has 0 rings (SSSR count). The first-order valence-electron chi connectivity index (χ1n) is 28.1. The molecule has 0 aromatic heterocycles. The Morgan fingerprint density at radius 3 is 1.19 bits per heavy atom. The van der Waals surface area contributed by atoms with E-state index >= 15 is 0 Å². The monoisotopic (exact) mass is 1030 g/mol. The van der Waals surface area contributed by atoms with Crippen LogP contribution in [0.25, 0.3) is 0 Å². The zero-order chi connectivity index (χ0) is 52.7. The molecule has 0 spiro atoms. The first-order chi connectivity index (χ1) is 35.2. The van der Waals surface area contributed by atoms with E-state index in [-0.39, 0.29) is 25.9 Å². The topological polar surface area (TPSA) is 155 Å². The number of carbonyl (C=O) groups is 3. The van der Waals surface area contributed by atoms with Gasteiger partial charge in [-0.05, 0) is 83.5 Å². The van der Waals surface area contributed by atoms with Crippen molar-refractivity contribution in [3.05, 3.63) is 97.2 Å². The second kappa shape index (κ2) is 53.7. The van der Waals surface area contributed by atoms with E-state index in [2.05, 4.69) is 99.8 Å². The van der Waals surface area contributed by atoms with Gasteiger partial charge in [0.1, 0.15) is 12.7 Å². The molecule has 0 aliphatic heterocycles. The summed E-state index contributed by atoms with van der Waals surface area (Å²) in [6.45, 7) is 4.29. The molecule has 0 amide bonds. The number of allylic oxidation sites excluding steroid dienone is 16. The summed E-state index contributed by atoms with van der Waals surface area (Å²) in [6, 6.07) is 0. The van der Waals surface area contributed by atoms with Crippen molar-refractivity contribution in [2.45, 2.75) is 238 Å². The second-order valence-electron chi connectivity index (χ2n) is 18.3. The molecular formula is C60H101O11P. The number of esters is 3. The molecule has 0 aromatic rings. The average molecular weight is 1030 g/mol. The lowest BCUT2D eigenvalue weighted by Crippen LogP contribution is -2.30. The van der Waals surface area contributed by atoms with Crippen LogP contribution in [0.5, 0.6) is 0 Å². The molecule has 3 atom stereocenters. The average Bonchev–Trinajstić information content (AvgIpc) is 3.37. The summed E-state index contributed by atoms with van der Waals surface area (Å²) in [6.07, 6.45) is 62.5. The van der Waals surface area contributed by atoms with Crippen molar-refractivity contribution in [3.8, 4) is 0 Å². The van der Waals surface area contributed by atoms with Crippen LogP contribution in [-0.4, -0.2) is 66.5 Å². The van der Waals surface area contributed by atoms with Gasteiger partial charge in [0.2, 0.25) is 0 Å². The van der Waals surface area contributed by atoms with Crippen LogP contribution >= 0.6 is 7.82 Å². The molecule has 12 heteroatoms. The van der Waals surface area contributed by atoms with Crippen LogP contribution in [0.2, 0.25) is 0 Å². The Labute approximate surface area is 438 Å². The Morgan fingerprint density at radius 2 is 0.750 bits per heavy atom. The number of unbranched alkanes of at least 4 members (excludes halogenated alkanes) is 18. The van der Waals surface area contributed by atoms with Crippen LogP contribution in [-0.2, 0) is 42.2 Å². The third-order valence-corrected chi connectivity index (χ3v) is 12.5. The standard InChI is InChI=1S/C60H101O11P/c1-4-7-10-13-16-19-22-25-27-28-30-33-36-39-42-45-48-51-60(64)71-57(53-67-58(62)49-46-43-40-37-34-32-29-26-23-20-17-14-11-8-5-2)55-69-72(65,66)68-54-56(52-61)70-59(63)50-47-44-41-38-35-31-24-21-18-15-12-9-6-3/h8-9,11-12,17-18,20-21,26,29,31,34-35,37,41,44,56-57,61H,4-7,10,13-16,19,22-25,27-28,30,32-33,36,38-40,42-43,45-55H2,1-3H3,(H,65,66)/b11-8-,12-9-,20-17-,21-18-,29-26-,35-31-,37-34-,44-41-. The minimum atomic E-state index is -4.78. The van der Waals surface area contributed by atoms with Gasteiger partial charge in [-0.15, -0.1) is 0 Å². The van der Waals surface area contributed by atoms with Crippen molar-refractivity contribution in [1.29, 1.82) is 0 Å². The highest BCUT2D eigenvalue weighted by Crippen LogP contribution is 2.43. The van der Waals surface area contributed by atoms with E-state index in [0.29, 0.717) is 19.3 Å². The molecular weight excluding hydrogens is 928 g/mol.